The number of nitrogens with two attached hydrogens (primary N) is 1. The second kappa shape index (κ2) is 6.08. The van der Waals surface area contributed by atoms with E-state index in [1.165, 1.54) is 0 Å². The second-order valence-electron chi connectivity index (χ2n) is 6.34. The van der Waals surface area contributed by atoms with E-state index in [2.05, 4.69) is 25.7 Å². The summed E-state index contributed by atoms with van der Waals surface area (Å²) in [6.07, 6.45) is 4.28. The Bertz CT molecular complexity index is 300. The molecule has 0 spiro atoms. The molecule has 0 aromatic rings. The molecule has 2 fully saturated rings. The number of nitrogens with zero attached hydrogens (tertiary/aromatic N) is 1. The summed E-state index contributed by atoms with van der Waals surface area (Å²) >= 11 is 0. The molecule has 4 heteroatoms. The Morgan fingerprint density at radius 1 is 1.32 bits per heavy atom. The van der Waals surface area contributed by atoms with Crippen molar-refractivity contribution < 1.29 is 9.47 Å². The third-order valence-electron chi connectivity index (χ3n) is 5.16. The average Bonchev–Trinajstić information content (AvgIpc) is 2.47. The molecular weight excluding hydrogens is 240 g/mol. The van der Waals surface area contributed by atoms with Crippen molar-refractivity contribution in [2.45, 2.75) is 63.6 Å². The fourth-order valence-corrected chi connectivity index (χ4v) is 3.70. The highest BCUT2D eigenvalue weighted by Gasteiger charge is 2.47. The van der Waals surface area contributed by atoms with Crippen LogP contribution >= 0.6 is 0 Å². The van der Waals surface area contributed by atoms with E-state index >= 15 is 0 Å². The van der Waals surface area contributed by atoms with Gasteiger partial charge in [0.1, 0.15) is 0 Å². The summed E-state index contributed by atoms with van der Waals surface area (Å²) in [6.45, 7) is 10.9. The van der Waals surface area contributed by atoms with E-state index in [-0.39, 0.29) is 11.1 Å². The molecule has 19 heavy (non-hydrogen) atoms. The summed E-state index contributed by atoms with van der Waals surface area (Å²) in [6, 6.07) is 0.511. The molecule has 0 aromatic carbocycles. The molecule has 3 unspecified atom stereocenters. The molecular formula is C15H30N2O2. The zero-order valence-corrected chi connectivity index (χ0v) is 12.8. The molecule has 2 aliphatic heterocycles. The minimum absolute atomic E-state index is 0.0196. The van der Waals surface area contributed by atoms with Gasteiger partial charge >= 0.3 is 0 Å². The number of hydrogen-bond acceptors (Lipinski definition) is 4. The minimum Gasteiger partial charge on any atom is -0.378 e. The van der Waals surface area contributed by atoms with Crippen molar-refractivity contribution in [1.29, 1.82) is 0 Å². The Hall–Kier alpha value is -0.160. The smallest absolute Gasteiger partial charge is 0.0670 e. The van der Waals surface area contributed by atoms with Crippen molar-refractivity contribution in [1.82, 2.24) is 4.90 Å². The van der Waals surface area contributed by atoms with Crippen LogP contribution in [-0.2, 0) is 9.47 Å². The van der Waals surface area contributed by atoms with E-state index in [1.54, 1.807) is 0 Å². The molecule has 2 N–H and O–H groups in total. The van der Waals surface area contributed by atoms with E-state index in [0.29, 0.717) is 6.04 Å². The van der Waals surface area contributed by atoms with Crippen molar-refractivity contribution >= 4 is 0 Å². The van der Waals surface area contributed by atoms with Gasteiger partial charge in [0.2, 0.25) is 0 Å². The highest BCUT2D eigenvalue weighted by atomic mass is 16.5. The summed E-state index contributed by atoms with van der Waals surface area (Å²) in [5.74, 6) is 0. The molecule has 0 aromatic heterocycles. The largest absolute Gasteiger partial charge is 0.378 e. The lowest BCUT2D eigenvalue weighted by Gasteiger charge is -2.55. The quantitative estimate of drug-likeness (QED) is 0.846. The van der Waals surface area contributed by atoms with Gasteiger partial charge in [-0.05, 0) is 32.6 Å². The fourth-order valence-electron chi connectivity index (χ4n) is 3.70. The van der Waals surface area contributed by atoms with E-state index < -0.39 is 0 Å². The van der Waals surface area contributed by atoms with Crippen LogP contribution in [-0.4, -0.2) is 55.0 Å². The summed E-state index contributed by atoms with van der Waals surface area (Å²) in [7, 11) is 0. The third-order valence-corrected chi connectivity index (χ3v) is 5.16. The normalized spacial score (nSPS) is 41.4. The van der Waals surface area contributed by atoms with Gasteiger partial charge in [-0.2, -0.15) is 0 Å². The van der Waals surface area contributed by atoms with Crippen LogP contribution in [0.2, 0.25) is 0 Å². The first-order valence-electron chi connectivity index (χ1n) is 7.77. The molecule has 2 heterocycles. The average molecular weight is 270 g/mol. The standard InChI is InChI=1S/C15H30N2O2/c1-4-13-10-18-9-7-17(13)15(12-16)6-8-19-14(3,5-2)11-15/h13H,4-12,16H2,1-3H3. The van der Waals surface area contributed by atoms with Gasteiger partial charge < -0.3 is 15.2 Å². The van der Waals surface area contributed by atoms with Gasteiger partial charge in [-0.1, -0.05) is 13.8 Å². The molecule has 0 aliphatic carbocycles. The molecule has 112 valence electrons. The van der Waals surface area contributed by atoms with E-state index in [0.717, 1.165) is 58.6 Å². The Labute approximate surface area is 117 Å². The number of ether oxygens (including phenoxy) is 2. The van der Waals surface area contributed by atoms with Crippen LogP contribution in [0.5, 0.6) is 0 Å². The van der Waals surface area contributed by atoms with E-state index in [1.807, 2.05) is 0 Å². The molecule has 4 nitrogen and oxygen atoms in total. The van der Waals surface area contributed by atoms with Gasteiger partial charge in [0, 0.05) is 31.3 Å². The lowest BCUT2D eigenvalue weighted by Crippen LogP contribution is -2.66. The highest BCUT2D eigenvalue weighted by molar-refractivity contribution is 5.02. The Balaban J connectivity index is 2.20. The van der Waals surface area contributed by atoms with Crippen molar-refractivity contribution in [3.63, 3.8) is 0 Å². The van der Waals surface area contributed by atoms with Crippen LogP contribution < -0.4 is 5.73 Å². The maximum Gasteiger partial charge on any atom is 0.0670 e. The number of rotatable bonds is 4. The Morgan fingerprint density at radius 3 is 2.74 bits per heavy atom. The molecule has 2 aliphatic rings. The van der Waals surface area contributed by atoms with Crippen LogP contribution in [0, 0.1) is 0 Å². The topological polar surface area (TPSA) is 47.7 Å². The molecule has 0 bridgehead atoms. The van der Waals surface area contributed by atoms with Crippen molar-refractivity contribution in [3.8, 4) is 0 Å². The van der Waals surface area contributed by atoms with Gasteiger partial charge in [-0.25, -0.2) is 0 Å². The fraction of sp³-hybridized carbons (Fsp3) is 1.00. The lowest BCUT2D eigenvalue weighted by atomic mass is 9.77. The zero-order chi connectivity index (χ0) is 13.9. The monoisotopic (exact) mass is 270 g/mol. The predicted molar refractivity (Wildman–Crippen MR) is 77.3 cm³/mol. The van der Waals surface area contributed by atoms with Gasteiger partial charge in [0.15, 0.2) is 0 Å². The summed E-state index contributed by atoms with van der Waals surface area (Å²) in [5, 5.41) is 0. The Kier molecular flexibility index (Phi) is 4.88. The maximum atomic E-state index is 6.22. The summed E-state index contributed by atoms with van der Waals surface area (Å²) in [5.41, 5.74) is 6.31. The van der Waals surface area contributed by atoms with Crippen LogP contribution in [0.3, 0.4) is 0 Å². The first-order chi connectivity index (χ1) is 9.09. The van der Waals surface area contributed by atoms with Gasteiger partial charge in [0.05, 0.1) is 18.8 Å². The number of morpholine rings is 1. The van der Waals surface area contributed by atoms with E-state index in [9.17, 15) is 0 Å². The van der Waals surface area contributed by atoms with Crippen molar-refractivity contribution in [2.24, 2.45) is 5.73 Å². The lowest BCUT2D eigenvalue weighted by molar-refractivity contribution is -0.156. The predicted octanol–water partition coefficient (Wildman–Crippen LogP) is 1.77. The molecule has 0 radical (unpaired) electrons. The SMILES string of the molecule is CCC1COCCN1C1(CN)CCOC(C)(CC)C1. The molecule has 0 amide bonds. The van der Waals surface area contributed by atoms with Crippen molar-refractivity contribution in [2.75, 3.05) is 32.9 Å². The first kappa shape index (κ1) is 15.2. The van der Waals surface area contributed by atoms with Gasteiger partial charge in [0.25, 0.3) is 0 Å². The van der Waals surface area contributed by atoms with Crippen molar-refractivity contribution in [3.05, 3.63) is 0 Å². The molecule has 3 atom stereocenters. The summed E-state index contributed by atoms with van der Waals surface area (Å²) < 4.78 is 11.7. The van der Waals surface area contributed by atoms with Crippen LogP contribution in [0.4, 0.5) is 0 Å². The maximum absolute atomic E-state index is 6.22. The molecule has 2 rings (SSSR count). The van der Waals surface area contributed by atoms with Crippen LogP contribution in [0.1, 0.15) is 46.5 Å². The number of hydrogen-bond donors (Lipinski definition) is 1. The van der Waals surface area contributed by atoms with Crippen LogP contribution in [0.15, 0.2) is 0 Å². The second-order valence-corrected chi connectivity index (χ2v) is 6.34. The highest BCUT2D eigenvalue weighted by Crippen LogP contribution is 2.39. The van der Waals surface area contributed by atoms with Gasteiger partial charge in [-0.3, -0.25) is 4.90 Å². The third kappa shape index (κ3) is 2.97. The summed E-state index contributed by atoms with van der Waals surface area (Å²) in [4.78, 5) is 2.63. The molecule has 0 saturated carbocycles. The zero-order valence-electron chi connectivity index (χ0n) is 12.8. The first-order valence-corrected chi connectivity index (χ1v) is 7.77. The van der Waals surface area contributed by atoms with E-state index in [4.69, 9.17) is 15.2 Å². The molecule has 2 saturated heterocycles. The van der Waals surface area contributed by atoms with Gasteiger partial charge in [-0.15, -0.1) is 0 Å². The minimum atomic E-state index is -0.0196. The Morgan fingerprint density at radius 2 is 2.11 bits per heavy atom. The van der Waals surface area contributed by atoms with Crippen LogP contribution in [0.25, 0.3) is 0 Å².